The molecule has 0 aliphatic heterocycles. The van der Waals surface area contributed by atoms with Crippen LogP contribution in [0.3, 0.4) is 0 Å². The predicted molar refractivity (Wildman–Crippen MR) is 58.2 cm³/mol. The van der Waals surface area contributed by atoms with Crippen molar-refractivity contribution in [3.63, 3.8) is 0 Å². The van der Waals surface area contributed by atoms with Crippen LogP contribution in [0.2, 0.25) is 0 Å². The van der Waals surface area contributed by atoms with Gasteiger partial charge in [0.15, 0.2) is 0 Å². The highest BCUT2D eigenvalue weighted by Gasteiger charge is 2.38. The van der Waals surface area contributed by atoms with E-state index in [1.807, 2.05) is 6.92 Å². The molecule has 0 aromatic rings. The average Bonchev–Trinajstić information content (AvgIpc) is 2.73. The molecule has 0 aromatic carbocycles. The molecule has 2 aliphatic carbocycles. The Kier molecular flexibility index (Phi) is 3.45. The molecule has 2 nitrogen and oxygen atoms in total. The zero-order chi connectivity index (χ0) is 9.97. The average molecular weight is 197 g/mol. The van der Waals surface area contributed by atoms with Crippen LogP contribution in [0.25, 0.3) is 0 Å². The van der Waals surface area contributed by atoms with Gasteiger partial charge >= 0.3 is 0 Å². The molecular formula is C12H23NO. The summed E-state index contributed by atoms with van der Waals surface area (Å²) in [6.07, 6.45) is 7.76. The highest BCUT2D eigenvalue weighted by molar-refractivity contribution is 4.93. The van der Waals surface area contributed by atoms with E-state index in [4.69, 9.17) is 5.11 Å². The number of hydrogen-bond donors (Lipinski definition) is 2. The molecule has 4 atom stereocenters. The molecule has 2 rings (SSSR count). The second kappa shape index (κ2) is 4.63. The molecule has 0 amide bonds. The van der Waals surface area contributed by atoms with E-state index in [0.717, 1.165) is 37.3 Å². The first kappa shape index (κ1) is 10.4. The zero-order valence-corrected chi connectivity index (χ0v) is 9.21. The Morgan fingerprint density at radius 1 is 1.36 bits per heavy atom. The summed E-state index contributed by atoms with van der Waals surface area (Å²) in [5.41, 5.74) is 0. The maximum absolute atomic E-state index is 9.12. The SMILES string of the molecule is CC(O)CCCNC1CC2CCC1C2. The van der Waals surface area contributed by atoms with Gasteiger partial charge in [0.2, 0.25) is 0 Å². The van der Waals surface area contributed by atoms with E-state index in [-0.39, 0.29) is 6.10 Å². The summed E-state index contributed by atoms with van der Waals surface area (Å²) < 4.78 is 0. The lowest BCUT2D eigenvalue weighted by molar-refractivity contribution is 0.180. The number of aliphatic hydroxyl groups is 1. The standard InChI is InChI=1S/C12H23NO/c1-9(14)3-2-6-13-12-8-10-4-5-11(12)7-10/h9-14H,2-8H2,1H3. The molecule has 2 heteroatoms. The van der Waals surface area contributed by atoms with E-state index in [1.54, 1.807) is 0 Å². The molecule has 0 spiro atoms. The van der Waals surface area contributed by atoms with Crippen molar-refractivity contribution >= 4 is 0 Å². The van der Waals surface area contributed by atoms with Crippen LogP contribution in [-0.4, -0.2) is 23.8 Å². The Morgan fingerprint density at radius 3 is 2.79 bits per heavy atom. The summed E-state index contributed by atoms with van der Waals surface area (Å²) in [5, 5.41) is 12.8. The smallest absolute Gasteiger partial charge is 0.0512 e. The van der Waals surface area contributed by atoms with Gasteiger partial charge in [-0.15, -0.1) is 0 Å². The van der Waals surface area contributed by atoms with E-state index >= 15 is 0 Å². The lowest BCUT2D eigenvalue weighted by Crippen LogP contribution is -2.34. The maximum Gasteiger partial charge on any atom is 0.0512 e. The lowest BCUT2D eigenvalue weighted by Gasteiger charge is -2.23. The predicted octanol–water partition coefficient (Wildman–Crippen LogP) is 1.93. The summed E-state index contributed by atoms with van der Waals surface area (Å²) in [6, 6.07) is 0.808. The molecule has 2 fully saturated rings. The van der Waals surface area contributed by atoms with Gasteiger partial charge in [-0.1, -0.05) is 6.42 Å². The first-order valence-electron chi connectivity index (χ1n) is 6.17. The second-order valence-electron chi connectivity index (χ2n) is 5.23. The summed E-state index contributed by atoms with van der Waals surface area (Å²) in [6.45, 7) is 2.97. The summed E-state index contributed by atoms with van der Waals surface area (Å²) in [7, 11) is 0. The molecule has 0 saturated heterocycles. The van der Waals surface area contributed by atoms with Crippen LogP contribution in [0.5, 0.6) is 0 Å². The molecule has 14 heavy (non-hydrogen) atoms. The molecule has 0 aromatic heterocycles. The minimum Gasteiger partial charge on any atom is -0.393 e. The summed E-state index contributed by atoms with van der Waals surface area (Å²) in [5.74, 6) is 2.01. The molecule has 2 N–H and O–H groups in total. The van der Waals surface area contributed by atoms with Crippen molar-refractivity contribution in [2.24, 2.45) is 11.8 Å². The van der Waals surface area contributed by atoms with Gasteiger partial charge in [-0.25, -0.2) is 0 Å². The van der Waals surface area contributed by atoms with Crippen LogP contribution in [0, 0.1) is 11.8 Å². The lowest BCUT2D eigenvalue weighted by atomic mass is 9.95. The molecule has 2 bridgehead atoms. The van der Waals surface area contributed by atoms with Crippen LogP contribution in [0.15, 0.2) is 0 Å². The molecule has 2 saturated carbocycles. The van der Waals surface area contributed by atoms with Crippen molar-refractivity contribution in [3.05, 3.63) is 0 Å². The van der Waals surface area contributed by atoms with E-state index in [9.17, 15) is 0 Å². The van der Waals surface area contributed by atoms with Crippen LogP contribution in [-0.2, 0) is 0 Å². The molecule has 82 valence electrons. The van der Waals surface area contributed by atoms with Crippen molar-refractivity contribution < 1.29 is 5.11 Å². The van der Waals surface area contributed by atoms with Gasteiger partial charge in [-0.3, -0.25) is 0 Å². The number of fused-ring (bicyclic) bond motifs is 2. The zero-order valence-electron chi connectivity index (χ0n) is 9.21. The Hall–Kier alpha value is -0.0800. The van der Waals surface area contributed by atoms with Crippen molar-refractivity contribution in [3.8, 4) is 0 Å². The van der Waals surface area contributed by atoms with Gasteiger partial charge in [0, 0.05) is 6.04 Å². The minimum atomic E-state index is -0.128. The van der Waals surface area contributed by atoms with Crippen LogP contribution in [0.4, 0.5) is 0 Å². The van der Waals surface area contributed by atoms with Crippen LogP contribution in [0.1, 0.15) is 45.4 Å². The molecule has 0 radical (unpaired) electrons. The maximum atomic E-state index is 9.12. The quantitative estimate of drug-likeness (QED) is 0.660. The normalized spacial score (nSPS) is 37.7. The Labute approximate surface area is 87.1 Å². The van der Waals surface area contributed by atoms with Gasteiger partial charge in [0.25, 0.3) is 0 Å². The Bertz CT molecular complexity index is 181. The van der Waals surface area contributed by atoms with Gasteiger partial charge in [-0.05, 0) is 57.4 Å². The fourth-order valence-electron chi connectivity index (χ4n) is 3.18. The van der Waals surface area contributed by atoms with Gasteiger partial charge in [0.1, 0.15) is 0 Å². The first-order chi connectivity index (χ1) is 6.75. The van der Waals surface area contributed by atoms with E-state index in [1.165, 1.54) is 25.7 Å². The van der Waals surface area contributed by atoms with Crippen LogP contribution < -0.4 is 5.32 Å². The van der Waals surface area contributed by atoms with E-state index in [2.05, 4.69) is 5.32 Å². The van der Waals surface area contributed by atoms with Crippen molar-refractivity contribution in [1.29, 1.82) is 0 Å². The van der Waals surface area contributed by atoms with E-state index < -0.39 is 0 Å². The molecular weight excluding hydrogens is 174 g/mol. The summed E-state index contributed by atoms with van der Waals surface area (Å²) >= 11 is 0. The third-order valence-electron chi connectivity index (χ3n) is 3.94. The highest BCUT2D eigenvalue weighted by atomic mass is 16.3. The van der Waals surface area contributed by atoms with Gasteiger partial charge in [-0.2, -0.15) is 0 Å². The minimum absolute atomic E-state index is 0.128. The largest absolute Gasteiger partial charge is 0.393 e. The number of aliphatic hydroxyl groups excluding tert-OH is 1. The van der Waals surface area contributed by atoms with Gasteiger partial charge < -0.3 is 10.4 Å². The third-order valence-corrected chi connectivity index (χ3v) is 3.94. The first-order valence-corrected chi connectivity index (χ1v) is 6.17. The summed E-state index contributed by atoms with van der Waals surface area (Å²) in [4.78, 5) is 0. The Morgan fingerprint density at radius 2 is 2.21 bits per heavy atom. The van der Waals surface area contributed by atoms with Crippen molar-refractivity contribution in [1.82, 2.24) is 5.32 Å². The number of hydrogen-bond acceptors (Lipinski definition) is 2. The van der Waals surface area contributed by atoms with Gasteiger partial charge in [0.05, 0.1) is 6.10 Å². The number of nitrogens with one attached hydrogen (secondary N) is 1. The topological polar surface area (TPSA) is 32.3 Å². The van der Waals surface area contributed by atoms with Crippen molar-refractivity contribution in [2.75, 3.05) is 6.54 Å². The second-order valence-corrected chi connectivity index (χ2v) is 5.23. The van der Waals surface area contributed by atoms with E-state index in [0.29, 0.717) is 0 Å². The molecule has 2 aliphatic rings. The molecule has 0 heterocycles. The number of rotatable bonds is 5. The monoisotopic (exact) mass is 197 g/mol. The third kappa shape index (κ3) is 2.48. The highest BCUT2D eigenvalue weighted by Crippen LogP contribution is 2.44. The fourth-order valence-corrected chi connectivity index (χ4v) is 3.18. The Balaban J connectivity index is 1.58. The molecule has 4 unspecified atom stereocenters. The van der Waals surface area contributed by atoms with Crippen LogP contribution >= 0.6 is 0 Å². The van der Waals surface area contributed by atoms with Crippen molar-refractivity contribution in [2.45, 2.75) is 57.6 Å². The fraction of sp³-hybridized carbons (Fsp3) is 1.00.